The molecule has 20 heavy (non-hydrogen) atoms. The van der Waals surface area contributed by atoms with Crippen LogP contribution in [0.1, 0.15) is 31.0 Å². The summed E-state index contributed by atoms with van der Waals surface area (Å²) < 4.78 is 8.17. The Bertz CT molecular complexity index is 577. The standard InChI is InChI=1S/C16H21N3O/c1-2-9-19-12-17-10-14(19)11-20-15-7-3-5-13-6-4-8-18-16(13)15/h3,5,7,10,12,18H,2,4,6,8-9,11H2,1H3. The number of hydrogen-bond donors (Lipinski definition) is 1. The van der Waals surface area contributed by atoms with E-state index in [-0.39, 0.29) is 0 Å². The van der Waals surface area contributed by atoms with Crippen molar-refractivity contribution in [2.45, 2.75) is 39.3 Å². The minimum atomic E-state index is 0.568. The van der Waals surface area contributed by atoms with Gasteiger partial charge in [-0.1, -0.05) is 19.1 Å². The van der Waals surface area contributed by atoms with Crippen molar-refractivity contribution in [2.24, 2.45) is 0 Å². The number of aromatic nitrogens is 2. The van der Waals surface area contributed by atoms with E-state index in [4.69, 9.17) is 4.74 Å². The highest BCUT2D eigenvalue weighted by molar-refractivity contribution is 5.63. The van der Waals surface area contributed by atoms with E-state index in [1.54, 1.807) is 0 Å². The van der Waals surface area contributed by atoms with Gasteiger partial charge in [0.15, 0.2) is 0 Å². The molecule has 0 amide bonds. The molecule has 0 atom stereocenters. The Balaban J connectivity index is 1.73. The molecule has 0 spiro atoms. The smallest absolute Gasteiger partial charge is 0.143 e. The van der Waals surface area contributed by atoms with Crippen molar-refractivity contribution in [2.75, 3.05) is 11.9 Å². The lowest BCUT2D eigenvalue weighted by Crippen LogP contribution is -2.13. The third-order valence-corrected chi connectivity index (χ3v) is 3.68. The Morgan fingerprint density at radius 1 is 1.40 bits per heavy atom. The maximum atomic E-state index is 6.01. The molecule has 1 aliphatic rings. The number of rotatable bonds is 5. The van der Waals surface area contributed by atoms with E-state index in [1.165, 1.54) is 17.7 Å². The van der Waals surface area contributed by atoms with Crippen molar-refractivity contribution >= 4 is 5.69 Å². The summed E-state index contributed by atoms with van der Waals surface area (Å²) in [6.07, 6.45) is 7.19. The second kappa shape index (κ2) is 5.99. The highest BCUT2D eigenvalue weighted by Gasteiger charge is 2.13. The number of ether oxygens (including phenoxy) is 1. The summed E-state index contributed by atoms with van der Waals surface area (Å²) in [6.45, 7) is 4.76. The van der Waals surface area contributed by atoms with Crippen molar-refractivity contribution in [1.29, 1.82) is 0 Å². The zero-order chi connectivity index (χ0) is 13.8. The van der Waals surface area contributed by atoms with Gasteiger partial charge in [-0.15, -0.1) is 0 Å². The number of aryl methyl sites for hydroxylation is 2. The fourth-order valence-electron chi connectivity index (χ4n) is 2.66. The van der Waals surface area contributed by atoms with Crippen molar-refractivity contribution in [3.8, 4) is 5.75 Å². The Kier molecular flexibility index (Phi) is 3.90. The van der Waals surface area contributed by atoms with E-state index < -0.39 is 0 Å². The van der Waals surface area contributed by atoms with Crippen LogP contribution in [0.25, 0.3) is 0 Å². The van der Waals surface area contributed by atoms with Gasteiger partial charge >= 0.3 is 0 Å². The fraction of sp³-hybridized carbons (Fsp3) is 0.438. The van der Waals surface area contributed by atoms with Crippen molar-refractivity contribution in [3.63, 3.8) is 0 Å². The van der Waals surface area contributed by atoms with Gasteiger partial charge in [0.1, 0.15) is 12.4 Å². The Morgan fingerprint density at radius 3 is 3.25 bits per heavy atom. The first-order chi connectivity index (χ1) is 9.88. The summed E-state index contributed by atoms with van der Waals surface area (Å²) in [5.74, 6) is 0.950. The van der Waals surface area contributed by atoms with Crippen molar-refractivity contribution in [1.82, 2.24) is 9.55 Å². The molecular weight excluding hydrogens is 250 g/mol. The summed E-state index contributed by atoms with van der Waals surface area (Å²) >= 11 is 0. The van der Waals surface area contributed by atoms with E-state index in [1.807, 2.05) is 18.6 Å². The minimum absolute atomic E-state index is 0.568. The maximum absolute atomic E-state index is 6.01. The maximum Gasteiger partial charge on any atom is 0.143 e. The summed E-state index contributed by atoms with van der Waals surface area (Å²) in [5.41, 5.74) is 3.65. The zero-order valence-electron chi connectivity index (χ0n) is 11.9. The van der Waals surface area contributed by atoms with Gasteiger partial charge in [-0.3, -0.25) is 0 Å². The average Bonchev–Trinajstić information content (AvgIpc) is 2.93. The summed E-state index contributed by atoms with van der Waals surface area (Å²) in [4.78, 5) is 4.21. The molecular formula is C16H21N3O. The van der Waals surface area contributed by atoms with Gasteiger partial charge < -0.3 is 14.6 Å². The fourth-order valence-corrected chi connectivity index (χ4v) is 2.66. The molecule has 2 heterocycles. The topological polar surface area (TPSA) is 39.1 Å². The van der Waals surface area contributed by atoms with Crippen molar-refractivity contribution in [3.05, 3.63) is 42.0 Å². The molecule has 2 aromatic rings. The highest BCUT2D eigenvalue weighted by Crippen LogP contribution is 2.32. The summed E-state index contributed by atoms with van der Waals surface area (Å²) in [7, 11) is 0. The van der Waals surface area contributed by atoms with E-state index >= 15 is 0 Å². The van der Waals surface area contributed by atoms with Crippen molar-refractivity contribution < 1.29 is 4.74 Å². The lowest BCUT2D eigenvalue weighted by Gasteiger charge is -2.21. The van der Waals surface area contributed by atoms with Crippen LogP contribution >= 0.6 is 0 Å². The number of hydrogen-bond acceptors (Lipinski definition) is 3. The number of nitrogens with one attached hydrogen (secondary N) is 1. The van der Waals surface area contributed by atoms with E-state index in [2.05, 4.69) is 33.9 Å². The van der Waals surface area contributed by atoms with Crippen LogP contribution in [0.4, 0.5) is 5.69 Å². The third kappa shape index (κ3) is 2.64. The van der Waals surface area contributed by atoms with E-state index in [0.29, 0.717) is 6.61 Å². The third-order valence-electron chi connectivity index (χ3n) is 3.68. The Labute approximate surface area is 119 Å². The largest absolute Gasteiger partial charge is 0.485 e. The number of imidazole rings is 1. The van der Waals surface area contributed by atoms with Gasteiger partial charge in [0.05, 0.1) is 23.9 Å². The lowest BCUT2D eigenvalue weighted by atomic mass is 10.0. The van der Waals surface area contributed by atoms with Crippen LogP contribution in [-0.4, -0.2) is 16.1 Å². The van der Waals surface area contributed by atoms with Gasteiger partial charge in [-0.25, -0.2) is 4.98 Å². The van der Waals surface area contributed by atoms with Crippen LogP contribution in [0.2, 0.25) is 0 Å². The molecule has 1 aliphatic heterocycles. The van der Waals surface area contributed by atoms with Gasteiger partial charge in [0.2, 0.25) is 0 Å². The van der Waals surface area contributed by atoms with Gasteiger partial charge in [-0.05, 0) is 30.9 Å². The molecule has 3 rings (SSSR count). The molecule has 0 unspecified atom stereocenters. The molecule has 0 saturated carbocycles. The second-order valence-corrected chi connectivity index (χ2v) is 5.19. The number of para-hydroxylation sites is 1. The molecule has 106 valence electrons. The normalized spacial score (nSPS) is 13.7. The predicted molar refractivity (Wildman–Crippen MR) is 80.1 cm³/mol. The van der Waals surface area contributed by atoms with Crippen LogP contribution in [-0.2, 0) is 19.6 Å². The van der Waals surface area contributed by atoms with Crippen LogP contribution in [0.5, 0.6) is 5.75 Å². The minimum Gasteiger partial charge on any atom is -0.485 e. The SMILES string of the molecule is CCCn1cncc1COc1cccc2c1NCCC2. The highest BCUT2D eigenvalue weighted by atomic mass is 16.5. The molecule has 0 aliphatic carbocycles. The second-order valence-electron chi connectivity index (χ2n) is 5.19. The van der Waals surface area contributed by atoms with Crippen LogP contribution in [0.3, 0.4) is 0 Å². The molecule has 0 radical (unpaired) electrons. The molecule has 1 aromatic heterocycles. The summed E-state index contributed by atoms with van der Waals surface area (Å²) in [6, 6.07) is 6.29. The lowest BCUT2D eigenvalue weighted by molar-refractivity contribution is 0.295. The van der Waals surface area contributed by atoms with Gasteiger partial charge in [0.25, 0.3) is 0 Å². The Morgan fingerprint density at radius 2 is 2.35 bits per heavy atom. The molecule has 4 nitrogen and oxygen atoms in total. The van der Waals surface area contributed by atoms with E-state index in [9.17, 15) is 0 Å². The number of anilines is 1. The first kappa shape index (κ1) is 13.0. The van der Waals surface area contributed by atoms with Crippen LogP contribution in [0.15, 0.2) is 30.7 Å². The zero-order valence-corrected chi connectivity index (χ0v) is 11.9. The first-order valence-electron chi connectivity index (χ1n) is 7.36. The monoisotopic (exact) mass is 271 g/mol. The first-order valence-corrected chi connectivity index (χ1v) is 7.36. The number of nitrogens with zero attached hydrogens (tertiary/aromatic N) is 2. The van der Waals surface area contributed by atoms with E-state index in [0.717, 1.165) is 37.4 Å². The molecule has 4 heteroatoms. The quantitative estimate of drug-likeness (QED) is 0.907. The summed E-state index contributed by atoms with van der Waals surface area (Å²) in [5, 5.41) is 3.45. The number of benzene rings is 1. The molecule has 1 aromatic carbocycles. The molecule has 0 saturated heterocycles. The molecule has 0 bridgehead atoms. The van der Waals surface area contributed by atoms with Gasteiger partial charge in [-0.2, -0.15) is 0 Å². The van der Waals surface area contributed by atoms with Crippen LogP contribution < -0.4 is 10.1 Å². The van der Waals surface area contributed by atoms with Crippen LogP contribution in [0, 0.1) is 0 Å². The molecule has 1 N–H and O–H groups in total. The molecule has 0 fully saturated rings. The Hall–Kier alpha value is -1.97. The average molecular weight is 271 g/mol. The van der Waals surface area contributed by atoms with Gasteiger partial charge in [0, 0.05) is 13.1 Å². The number of fused-ring (bicyclic) bond motifs is 1. The predicted octanol–water partition coefficient (Wildman–Crippen LogP) is 3.23.